The standard InChI is InChI=1S/C33H37N5OS/c1-20-10-12-26(13-11-20)35-29(39)14-16-37-32(30(36-33(37)40)28-9-7-8-15-34-28)27-19-24(5)38(25(27)6)31-22(3)17-21(2)18-23(31)4/h7-13,15,17-19,30,32H,14,16H2,1-6H3,(H,35,39)(H,36,40)/t30-,32+/m1/s1. The van der Waals surface area contributed by atoms with E-state index in [4.69, 9.17) is 12.2 Å². The molecule has 1 saturated heterocycles. The molecule has 40 heavy (non-hydrogen) atoms. The summed E-state index contributed by atoms with van der Waals surface area (Å²) in [6.45, 7) is 13.4. The van der Waals surface area contributed by atoms with Gasteiger partial charge in [0.2, 0.25) is 5.91 Å². The van der Waals surface area contributed by atoms with Gasteiger partial charge in [0.25, 0.3) is 0 Å². The Labute approximate surface area is 242 Å². The molecule has 1 aliphatic rings. The maximum absolute atomic E-state index is 13.0. The second kappa shape index (κ2) is 11.3. The molecule has 0 unspecified atom stereocenters. The molecule has 2 N–H and O–H groups in total. The number of carbonyl (C=O) groups excluding carboxylic acids is 1. The predicted molar refractivity (Wildman–Crippen MR) is 166 cm³/mol. The van der Waals surface area contributed by atoms with Gasteiger partial charge in [0.15, 0.2) is 5.11 Å². The van der Waals surface area contributed by atoms with E-state index in [9.17, 15) is 4.79 Å². The molecule has 3 heterocycles. The molecule has 4 aromatic rings. The third-order valence-electron chi connectivity index (χ3n) is 7.76. The van der Waals surface area contributed by atoms with Crippen molar-refractivity contribution in [3.63, 3.8) is 0 Å². The van der Waals surface area contributed by atoms with Crippen molar-refractivity contribution in [1.29, 1.82) is 0 Å². The number of aromatic nitrogens is 2. The van der Waals surface area contributed by atoms with Crippen LogP contribution in [0.5, 0.6) is 0 Å². The third-order valence-corrected chi connectivity index (χ3v) is 8.11. The second-order valence-corrected chi connectivity index (χ2v) is 11.3. The molecule has 2 aromatic carbocycles. The summed E-state index contributed by atoms with van der Waals surface area (Å²) in [6, 6.07) is 20.3. The molecule has 1 amide bonds. The van der Waals surface area contributed by atoms with Crippen molar-refractivity contribution in [3.05, 3.63) is 112 Å². The number of carbonyl (C=O) groups is 1. The maximum atomic E-state index is 13.0. The number of nitrogens with one attached hydrogen (secondary N) is 2. The molecule has 0 aliphatic carbocycles. The summed E-state index contributed by atoms with van der Waals surface area (Å²) in [4.78, 5) is 19.8. The Morgan fingerprint density at radius 3 is 2.30 bits per heavy atom. The highest BCUT2D eigenvalue weighted by Gasteiger charge is 2.41. The van der Waals surface area contributed by atoms with Crippen LogP contribution in [-0.2, 0) is 4.79 Å². The number of hydrogen-bond acceptors (Lipinski definition) is 3. The normalized spacial score (nSPS) is 16.8. The molecule has 0 spiro atoms. The SMILES string of the molecule is Cc1ccc(NC(=O)CCN2C(=S)N[C@H](c3ccccn3)[C@@H]2c2cc(C)n(-c3c(C)cc(C)cc3C)c2C)cc1. The molecule has 0 bridgehead atoms. The van der Waals surface area contributed by atoms with Gasteiger partial charge >= 0.3 is 0 Å². The molecule has 1 aliphatic heterocycles. The highest BCUT2D eigenvalue weighted by molar-refractivity contribution is 7.80. The minimum Gasteiger partial charge on any atom is -0.352 e. The van der Waals surface area contributed by atoms with Crippen LogP contribution in [0.15, 0.2) is 66.9 Å². The largest absolute Gasteiger partial charge is 0.352 e. The number of pyridine rings is 1. The summed E-state index contributed by atoms with van der Waals surface area (Å²) in [5.41, 5.74) is 11.4. The van der Waals surface area contributed by atoms with E-state index < -0.39 is 0 Å². The number of amides is 1. The summed E-state index contributed by atoms with van der Waals surface area (Å²) in [5, 5.41) is 7.19. The predicted octanol–water partition coefficient (Wildman–Crippen LogP) is 6.72. The van der Waals surface area contributed by atoms with Crippen molar-refractivity contribution in [1.82, 2.24) is 19.8 Å². The van der Waals surface area contributed by atoms with Crippen molar-refractivity contribution < 1.29 is 4.79 Å². The van der Waals surface area contributed by atoms with Gasteiger partial charge in [0.1, 0.15) is 0 Å². The number of thiocarbonyl (C=S) groups is 1. The van der Waals surface area contributed by atoms with Crippen LogP contribution >= 0.6 is 12.2 Å². The lowest BCUT2D eigenvalue weighted by Gasteiger charge is -2.28. The number of anilines is 1. The average molecular weight is 552 g/mol. The van der Waals surface area contributed by atoms with Crippen LogP contribution in [0.25, 0.3) is 5.69 Å². The van der Waals surface area contributed by atoms with E-state index in [-0.39, 0.29) is 18.0 Å². The minimum atomic E-state index is -0.136. The van der Waals surface area contributed by atoms with Gasteiger partial charge in [0.05, 0.1) is 23.5 Å². The summed E-state index contributed by atoms with van der Waals surface area (Å²) >= 11 is 5.87. The Morgan fingerprint density at radius 1 is 0.950 bits per heavy atom. The van der Waals surface area contributed by atoms with Gasteiger partial charge < -0.3 is 20.1 Å². The Morgan fingerprint density at radius 2 is 1.65 bits per heavy atom. The zero-order chi connectivity index (χ0) is 28.6. The zero-order valence-electron chi connectivity index (χ0n) is 24.1. The van der Waals surface area contributed by atoms with Crippen LogP contribution in [0.3, 0.4) is 0 Å². The van der Waals surface area contributed by atoms with Crippen molar-refractivity contribution in [2.24, 2.45) is 0 Å². The fraction of sp³-hybridized carbons (Fsp3) is 0.303. The van der Waals surface area contributed by atoms with E-state index in [0.29, 0.717) is 18.1 Å². The first-order valence-electron chi connectivity index (χ1n) is 13.8. The van der Waals surface area contributed by atoms with Crippen LogP contribution in [-0.4, -0.2) is 32.0 Å². The van der Waals surface area contributed by atoms with E-state index in [1.807, 2.05) is 55.6 Å². The summed E-state index contributed by atoms with van der Waals surface area (Å²) in [5.74, 6) is -0.0388. The van der Waals surface area contributed by atoms with Gasteiger partial charge in [-0.05, 0) is 101 Å². The van der Waals surface area contributed by atoms with Gasteiger partial charge in [-0.3, -0.25) is 9.78 Å². The quantitative estimate of drug-likeness (QED) is 0.250. The first kappa shape index (κ1) is 27.6. The van der Waals surface area contributed by atoms with E-state index >= 15 is 0 Å². The lowest BCUT2D eigenvalue weighted by molar-refractivity contribution is -0.116. The molecule has 0 radical (unpaired) electrons. The van der Waals surface area contributed by atoms with E-state index in [1.54, 1.807) is 0 Å². The molecule has 206 valence electrons. The fourth-order valence-corrected chi connectivity index (χ4v) is 6.36. The first-order valence-corrected chi connectivity index (χ1v) is 14.2. The fourth-order valence-electron chi connectivity index (χ4n) is 6.02. The van der Waals surface area contributed by atoms with Crippen LogP contribution < -0.4 is 10.6 Å². The topological polar surface area (TPSA) is 62.2 Å². The van der Waals surface area contributed by atoms with Gasteiger partial charge in [-0.25, -0.2) is 0 Å². The molecule has 1 fully saturated rings. The van der Waals surface area contributed by atoms with Crippen LogP contribution in [0, 0.1) is 41.5 Å². The second-order valence-electron chi connectivity index (χ2n) is 10.9. The molecule has 5 rings (SSSR count). The number of aryl methyl sites for hydroxylation is 5. The van der Waals surface area contributed by atoms with E-state index in [2.05, 4.69) is 77.9 Å². The van der Waals surface area contributed by atoms with Gasteiger partial charge in [-0.15, -0.1) is 0 Å². The average Bonchev–Trinajstić information content (AvgIpc) is 3.39. The molecule has 0 saturated carbocycles. The van der Waals surface area contributed by atoms with E-state index in [0.717, 1.165) is 22.6 Å². The smallest absolute Gasteiger partial charge is 0.226 e. The van der Waals surface area contributed by atoms with Crippen LogP contribution in [0.1, 0.15) is 63.4 Å². The number of rotatable bonds is 7. The van der Waals surface area contributed by atoms with E-state index in [1.165, 1.54) is 33.6 Å². The van der Waals surface area contributed by atoms with Crippen molar-refractivity contribution >= 4 is 28.9 Å². The molecule has 6 nitrogen and oxygen atoms in total. The molecular formula is C33H37N5OS. The van der Waals surface area contributed by atoms with Crippen molar-refractivity contribution in [3.8, 4) is 5.69 Å². The summed E-state index contributed by atoms with van der Waals surface area (Å²) < 4.78 is 2.36. The molecule has 2 aromatic heterocycles. The lowest BCUT2D eigenvalue weighted by atomic mass is 9.96. The molecular weight excluding hydrogens is 514 g/mol. The van der Waals surface area contributed by atoms with Crippen molar-refractivity contribution in [2.75, 3.05) is 11.9 Å². The summed E-state index contributed by atoms with van der Waals surface area (Å²) in [6.07, 6.45) is 2.13. The highest BCUT2D eigenvalue weighted by atomic mass is 32.1. The van der Waals surface area contributed by atoms with Gasteiger partial charge in [0, 0.05) is 36.2 Å². The Balaban J connectivity index is 1.50. The Bertz CT molecular complexity index is 1530. The number of hydrogen-bond donors (Lipinski definition) is 2. The molecule has 2 atom stereocenters. The Hall–Kier alpha value is -3.97. The Kier molecular flexibility index (Phi) is 7.76. The monoisotopic (exact) mass is 551 g/mol. The third kappa shape index (κ3) is 5.39. The highest BCUT2D eigenvalue weighted by Crippen LogP contribution is 2.42. The first-order chi connectivity index (χ1) is 19.1. The van der Waals surface area contributed by atoms with Gasteiger partial charge in [-0.1, -0.05) is 41.5 Å². The number of nitrogens with zero attached hydrogens (tertiary/aromatic N) is 3. The minimum absolute atomic E-state index is 0.0388. The molecule has 7 heteroatoms. The maximum Gasteiger partial charge on any atom is 0.226 e. The number of benzene rings is 2. The van der Waals surface area contributed by atoms with Crippen molar-refractivity contribution in [2.45, 2.75) is 60.0 Å². The summed E-state index contributed by atoms with van der Waals surface area (Å²) in [7, 11) is 0. The van der Waals surface area contributed by atoms with Crippen LogP contribution in [0.4, 0.5) is 5.69 Å². The lowest BCUT2D eigenvalue weighted by Crippen LogP contribution is -2.32. The van der Waals surface area contributed by atoms with Crippen LogP contribution in [0.2, 0.25) is 0 Å². The zero-order valence-corrected chi connectivity index (χ0v) is 24.9. The van der Waals surface area contributed by atoms with Gasteiger partial charge in [-0.2, -0.15) is 0 Å².